The summed E-state index contributed by atoms with van der Waals surface area (Å²) in [4.78, 5) is 12.4. The van der Waals surface area contributed by atoms with E-state index in [2.05, 4.69) is 18.8 Å². The lowest BCUT2D eigenvalue weighted by atomic mass is 9.81. The first kappa shape index (κ1) is 21.1. The highest BCUT2D eigenvalue weighted by Crippen LogP contribution is 2.30. The Hall–Kier alpha value is -3.19. The Bertz CT molecular complexity index is 1160. The number of halogens is 2. The van der Waals surface area contributed by atoms with Crippen molar-refractivity contribution in [3.05, 3.63) is 77.4 Å². The number of hydrogen-bond donors (Lipinski definition) is 0. The molecular weight excluding hydrogens is 394 g/mol. The van der Waals surface area contributed by atoms with Gasteiger partial charge in [0, 0.05) is 16.9 Å². The number of fused-ring (bicyclic) bond motifs is 1. The van der Waals surface area contributed by atoms with E-state index < -0.39 is 11.8 Å². The Balaban J connectivity index is 1.44. The molecule has 0 bridgehead atoms. The fraction of sp³-hybridized carbons (Fsp3) is 0.296. The molecule has 0 atom stereocenters. The van der Waals surface area contributed by atoms with Crippen LogP contribution in [0.1, 0.15) is 54.9 Å². The number of hydrogen-bond acceptors (Lipinski definition) is 2. The van der Waals surface area contributed by atoms with Crippen molar-refractivity contribution in [2.24, 2.45) is 11.8 Å². The average molecular weight is 418 g/mol. The second kappa shape index (κ2) is 9.31. The molecule has 1 fully saturated rings. The third kappa shape index (κ3) is 4.94. The summed E-state index contributed by atoms with van der Waals surface area (Å²) in [6, 6.07) is 13.6. The van der Waals surface area contributed by atoms with Crippen LogP contribution < -0.4 is 4.74 Å². The SMILES string of the molecule is CCC1CCC(C#Cc2ccc(C(=O)Oc3ccc4c(F)cccc4c3)c(F)c2)CC1. The maximum absolute atomic E-state index is 14.6. The van der Waals surface area contributed by atoms with Gasteiger partial charge in [-0.3, -0.25) is 0 Å². The van der Waals surface area contributed by atoms with Crippen LogP contribution in [0.5, 0.6) is 5.75 Å². The molecule has 0 N–H and O–H groups in total. The van der Waals surface area contributed by atoms with Crippen LogP contribution in [-0.2, 0) is 0 Å². The standard InChI is InChI=1S/C27H24F2O2/c1-2-18-6-8-19(9-7-18)10-11-20-12-14-24(26(29)16-20)27(30)31-22-13-15-23-21(17-22)4-3-5-25(23)28/h3-5,12-19H,2,6-9H2,1H3. The van der Waals surface area contributed by atoms with Gasteiger partial charge in [-0.05, 0) is 79.5 Å². The van der Waals surface area contributed by atoms with Gasteiger partial charge in [0.25, 0.3) is 0 Å². The van der Waals surface area contributed by atoms with Gasteiger partial charge in [-0.2, -0.15) is 0 Å². The van der Waals surface area contributed by atoms with E-state index in [4.69, 9.17) is 4.74 Å². The van der Waals surface area contributed by atoms with Crippen molar-refractivity contribution in [1.29, 1.82) is 0 Å². The Morgan fingerprint density at radius 3 is 2.55 bits per heavy atom. The average Bonchev–Trinajstić information content (AvgIpc) is 2.78. The minimum absolute atomic E-state index is 0.159. The Kier molecular flexibility index (Phi) is 6.32. The first-order chi connectivity index (χ1) is 15.0. The van der Waals surface area contributed by atoms with Crippen LogP contribution in [0.15, 0.2) is 54.6 Å². The molecule has 0 radical (unpaired) electrons. The van der Waals surface area contributed by atoms with Crippen LogP contribution in [0.2, 0.25) is 0 Å². The molecule has 2 nitrogen and oxygen atoms in total. The molecule has 1 aliphatic rings. The fourth-order valence-corrected chi connectivity index (χ4v) is 4.11. The van der Waals surface area contributed by atoms with Crippen LogP contribution in [0.3, 0.4) is 0 Å². The first-order valence-electron chi connectivity index (χ1n) is 10.7. The molecular formula is C27H24F2O2. The summed E-state index contributed by atoms with van der Waals surface area (Å²) < 4.78 is 33.6. The third-order valence-corrected chi connectivity index (χ3v) is 6.04. The van der Waals surface area contributed by atoms with Crippen LogP contribution in [0, 0.1) is 35.3 Å². The van der Waals surface area contributed by atoms with Gasteiger partial charge in [0.15, 0.2) is 0 Å². The van der Waals surface area contributed by atoms with Crippen LogP contribution in [0.4, 0.5) is 8.78 Å². The molecule has 0 spiro atoms. The predicted octanol–water partition coefficient (Wildman–Crippen LogP) is 6.91. The minimum Gasteiger partial charge on any atom is -0.423 e. The highest BCUT2D eigenvalue weighted by Gasteiger charge is 2.18. The van der Waals surface area contributed by atoms with Gasteiger partial charge in [0.05, 0.1) is 5.56 Å². The molecule has 0 aliphatic heterocycles. The molecule has 1 saturated carbocycles. The van der Waals surface area contributed by atoms with E-state index in [-0.39, 0.29) is 17.1 Å². The lowest BCUT2D eigenvalue weighted by Crippen LogP contribution is -2.12. The van der Waals surface area contributed by atoms with Crippen molar-refractivity contribution in [3.8, 4) is 17.6 Å². The van der Waals surface area contributed by atoms with Crippen molar-refractivity contribution in [1.82, 2.24) is 0 Å². The van der Waals surface area contributed by atoms with E-state index in [0.29, 0.717) is 22.3 Å². The Morgan fingerprint density at radius 1 is 1.00 bits per heavy atom. The van der Waals surface area contributed by atoms with Gasteiger partial charge in [0.1, 0.15) is 17.4 Å². The Morgan fingerprint density at radius 2 is 1.81 bits per heavy atom. The topological polar surface area (TPSA) is 26.3 Å². The van der Waals surface area contributed by atoms with Gasteiger partial charge < -0.3 is 4.74 Å². The fourth-order valence-electron chi connectivity index (χ4n) is 4.11. The van der Waals surface area contributed by atoms with E-state index >= 15 is 0 Å². The summed E-state index contributed by atoms with van der Waals surface area (Å²) >= 11 is 0. The first-order valence-corrected chi connectivity index (χ1v) is 10.7. The normalized spacial score (nSPS) is 18.3. The second-order valence-corrected chi connectivity index (χ2v) is 8.10. The maximum atomic E-state index is 14.6. The molecule has 3 aromatic carbocycles. The molecule has 158 valence electrons. The largest absolute Gasteiger partial charge is 0.423 e. The second-order valence-electron chi connectivity index (χ2n) is 8.10. The molecule has 0 aromatic heterocycles. The van der Waals surface area contributed by atoms with Gasteiger partial charge in [-0.15, -0.1) is 0 Å². The van der Waals surface area contributed by atoms with Gasteiger partial charge in [-0.1, -0.05) is 37.3 Å². The molecule has 0 heterocycles. The van der Waals surface area contributed by atoms with Crippen LogP contribution in [0.25, 0.3) is 10.8 Å². The molecule has 0 saturated heterocycles. The summed E-state index contributed by atoms with van der Waals surface area (Å²) in [5.74, 6) is 5.88. The number of ether oxygens (including phenoxy) is 1. The summed E-state index contributed by atoms with van der Waals surface area (Å²) in [5.41, 5.74) is 0.390. The summed E-state index contributed by atoms with van der Waals surface area (Å²) in [6.45, 7) is 2.23. The molecule has 3 aromatic rings. The zero-order valence-electron chi connectivity index (χ0n) is 17.5. The van der Waals surface area contributed by atoms with E-state index in [9.17, 15) is 13.6 Å². The van der Waals surface area contributed by atoms with Crippen molar-refractivity contribution in [2.75, 3.05) is 0 Å². The van der Waals surface area contributed by atoms with Gasteiger partial charge in [-0.25, -0.2) is 13.6 Å². The zero-order valence-corrected chi connectivity index (χ0v) is 17.5. The molecule has 0 unspecified atom stereocenters. The number of benzene rings is 3. The molecule has 0 amide bonds. The van der Waals surface area contributed by atoms with Crippen molar-refractivity contribution in [3.63, 3.8) is 0 Å². The van der Waals surface area contributed by atoms with Gasteiger partial charge in [0.2, 0.25) is 0 Å². The highest BCUT2D eigenvalue weighted by molar-refractivity contribution is 5.92. The minimum atomic E-state index is -0.800. The van der Waals surface area contributed by atoms with Crippen LogP contribution >= 0.6 is 0 Å². The highest BCUT2D eigenvalue weighted by atomic mass is 19.1. The smallest absolute Gasteiger partial charge is 0.346 e. The molecule has 4 rings (SSSR count). The number of carbonyl (C=O) groups excluding carboxylic acids is 1. The number of carbonyl (C=O) groups is 1. The summed E-state index contributed by atoms with van der Waals surface area (Å²) in [5, 5.41) is 1.03. The van der Waals surface area contributed by atoms with E-state index in [1.54, 1.807) is 24.3 Å². The van der Waals surface area contributed by atoms with Gasteiger partial charge >= 0.3 is 5.97 Å². The lowest BCUT2D eigenvalue weighted by molar-refractivity contribution is 0.0730. The molecule has 1 aliphatic carbocycles. The third-order valence-electron chi connectivity index (χ3n) is 6.04. The van der Waals surface area contributed by atoms with Crippen molar-refractivity contribution < 1.29 is 18.3 Å². The van der Waals surface area contributed by atoms with E-state index in [1.165, 1.54) is 49.6 Å². The number of rotatable bonds is 3. The van der Waals surface area contributed by atoms with Crippen molar-refractivity contribution >= 4 is 16.7 Å². The van der Waals surface area contributed by atoms with Crippen molar-refractivity contribution in [2.45, 2.75) is 39.0 Å². The number of esters is 1. The summed E-state index contributed by atoms with van der Waals surface area (Å²) in [7, 11) is 0. The predicted molar refractivity (Wildman–Crippen MR) is 118 cm³/mol. The monoisotopic (exact) mass is 418 g/mol. The van der Waals surface area contributed by atoms with E-state index in [0.717, 1.165) is 18.8 Å². The molecule has 31 heavy (non-hydrogen) atoms. The lowest BCUT2D eigenvalue weighted by Gasteiger charge is -2.24. The van der Waals surface area contributed by atoms with Crippen LogP contribution in [-0.4, -0.2) is 5.97 Å². The van der Waals surface area contributed by atoms with E-state index in [1.807, 2.05) is 0 Å². The zero-order chi connectivity index (χ0) is 21.8. The maximum Gasteiger partial charge on any atom is 0.346 e. The quantitative estimate of drug-likeness (QED) is 0.263. The molecule has 4 heteroatoms. The Labute approximate surface area is 181 Å². The summed E-state index contributed by atoms with van der Waals surface area (Å²) in [6.07, 6.45) is 5.81.